The van der Waals surface area contributed by atoms with Crippen molar-refractivity contribution in [1.82, 2.24) is 14.8 Å². The maximum atomic E-state index is 12.5. The summed E-state index contributed by atoms with van der Waals surface area (Å²) in [7, 11) is 0. The van der Waals surface area contributed by atoms with E-state index in [9.17, 15) is 4.79 Å². The summed E-state index contributed by atoms with van der Waals surface area (Å²) < 4.78 is 1.20. The van der Waals surface area contributed by atoms with E-state index in [-0.39, 0.29) is 11.9 Å². The molecule has 0 amide bonds. The summed E-state index contributed by atoms with van der Waals surface area (Å²) in [6.07, 6.45) is 15.4. The highest BCUT2D eigenvalue weighted by atomic mass is 16.2. The van der Waals surface area contributed by atoms with Gasteiger partial charge in [0.1, 0.15) is 0 Å². The molecule has 2 atom stereocenters. The molecule has 2 N–H and O–H groups in total. The molecule has 0 saturated heterocycles. The van der Waals surface area contributed by atoms with E-state index in [2.05, 4.69) is 46.5 Å². The molecule has 1 aromatic heterocycles. The van der Waals surface area contributed by atoms with Crippen LogP contribution in [0.15, 0.2) is 54.6 Å². The number of hydrogen-bond donors (Lipinski definition) is 1. The number of nitrogen functional groups attached to an aromatic ring is 1. The molecule has 28 heavy (non-hydrogen) atoms. The van der Waals surface area contributed by atoms with Gasteiger partial charge in [-0.2, -0.15) is 9.67 Å². The first-order chi connectivity index (χ1) is 13.7. The van der Waals surface area contributed by atoms with Gasteiger partial charge in [-0.3, -0.25) is 4.79 Å². The van der Waals surface area contributed by atoms with Crippen molar-refractivity contribution in [2.75, 3.05) is 5.73 Å². The molecule has 2 unspecified atom stereocenters. The molecular weight excluding hydrogens is 348 g/mol. The predicted molar refractivity (Wildman–Crippen MR) is 109 cm³/mol. The van der Waals surface area contributed by atoms with Crippen molar-refractivity contribution in [2.45, 2.75) is 32.1 Å². The lowest BCUT2D eigenvalue weighted by Crippen LogP contribution is -2.12. The molecule has 5 rings (SSSR count). The zero-order valence-corrected chi connectivity index (χ0v) is 15.8. The van der Waals surface area contributed by atoms with Crippen molar-refractivity contribution in [3.8, 4) is 0 Å². The van der Waals surface area contributed by atoms with Crippen LogP contribution in [-0.2, 0) is 12.8 Å². The van der Waals surface area contributed by atoms with Crippen LogP contribution in [0.1, 0.15) is 41.0 Å². The zero-order valence-electron chi connectivity index (χ0n) is 15.8. The molecule has 0 spiro atoms. The van der Waals surface area contributed by atoms with E-state index in [0.717, 1.165) is 31.3 Å². The van der Waals surface area contributed by atoms with Crippen LogP contribution in [0.4, 0.5) is 5.95 Å². The molecule has 1 saturated carbocycles. The van der Waals surface area contributed by atoms with Gasteiger partial charge in [0.05, 0.1) is 0 Å². The van der Waals surface area contributed by atoms with Gasteiger partial charge >= 0.3 is 0 Å². The fourth-order valence-corrected chi connectivity index (χ4v) is 4.36. The molecule has 5 heteroatoms. The molecule has 1 aromatic carbocycles. The number of nitrogens with two attached hydrogens (primary N) is 1. The fourth-order valence-electron chi connectivity index (χ4n) is 4.36. The maximum Gasteiger partial charge on any atom is 0.273 e. The molecule has 3 aliphatic carbocycles. The van der Waals surface area contributed by atoms with Crippen LogP contribution >= 0.6 is 0 Å². The summed E-state index contributed by atoms with van der Waals surface area (Å²) in [6, 6.07) is 8.66. The minimum atomic E-state index is -0.240. The molecule has 0 aliphatic heterocycles. The van der Waals surface area contributed by atoms with Gasteiger partial charge in [-0.15, -0.1) is 5.10 Å². The third kappa shape index (κ3) is 3.33. The fraction of sp³-hybridized carbons (Fsp3) is 0.348. The summed E-state index contributed by atoms with van der Waals surface area (Å²) in [5, 5.41) is 4.33. The lowest BCUT2D eigenvalue weighted by atomic mass is 10.00. The Labute approximate surface area is 164 Å². The van der Waals surface area contributed by atoms with E-state index in [1.54, 1.807) is 6.08 Å². The molecule has 0 radical (unpaired) electrons. The van der Waals surface area contributed by atoms with Gasteiger partial charge in [0.15, 0.2) is 5.82 Å². The molecule has 142 valence electrons. The Kier molecular flexibility index (Phi) is 4.23. The highest BCUT2D eigenvalue weighted by Gasteiger charge is 2.35. The number of allylic oxidation sites excluding steroid dienone is 6. The number of carbonyl (C=O) groups excluding carboxylic acids is 1. The van der Waals surface area contributed by atoms with Crippen LogP contribution in [0, 0.1) is 17.8 Å². The molecule has 5 nitrogen and oxygen atoms in total. The summed E-state index contributed by atoms with van der Waals surface area (Å²) in [5.74, 6) is 2.38. The van der Waals surface area contributed by atoms with E-state index < -0.39 is 0 Å². The topological polar surface area (TPSA) is 73.8 Å². The molecule has 0 bridgehead atoms. The Balaban J connectivity index is 1.18. The Bertz CT molecular complexity index is 988. The number of carbonyl (C=O) groups is 1. The molecule has 1 fully saturated rings. The van der Waals surface area contributed by atoms with Crippen LogP contribution in [0.5, 0.6) is 0 Å². The highest BCUT2D eigenvalue weighted by Crippen LogP contribution is 2.45. The molecule has 3 aliphatic rings. The smallest absolute Gasteiger partial charge is 0.273 e. The van der Waals surface area contributed by atoms with Crippen molar-refractivity contribution < 1.29 is 4.79 Å². The maximum absolute atomic E-state index is 12.5. The highest BCUT2D eigenvalue weighted by molar-refractivity contribution is 5.91. The third-order valence-corrected chi connectivity index (χ3v) is 6.04. The lowest BCUT2D eigenvalue weighted by Gasteiger charge is -2.05. The van der Waals surface area contributed by atoms with Crippen molar-refractivity contribution in [3.05, 3.63) is 71.6 Å². The molecule has 1 heterocycles. The summed E-state index contributed by atoms with van der Waals surface area (Å²) in [6.45, 7) is 0. The second-order valence-electron chi connectivity index (χ2n) is 8.11. The SMILES string of the molecule is Nc1nc(C2=CC3CC3C=C2)nn1C(=O)/C=C/CCC1Cc2ccccc2C1. The van der Waals surface area contributed by atoms with Crippen molar-refractivity contribution in [2.24, 2.45) is 17.8 Å². The number of hydrogen-bond acceptors (Lipinski definition) is 4. The van der Waals surface area contributed by atoms with E-state index in [1.165, 1.54) is 22.2 Å². The van der Waals surface area contributed by atoms with Gasteiger partial charge in [-0.05, 0) is 61.0 Å². The normalized spacial score (nSPS) is 22.9. The van der Waals surface area contributed by atoms with E-state index in [4.69, 9.17) is 5.73 Å². The Morgan fingerprint density at radius 2 is 2.00 bits per heavy atom. The number of nitrogens with zero attached hydrogens (tertiary/aromatic N) is 3. The average Bonchev–Trinajstić information content (AvgIpc) is 3.19. The van der Waals surface area contributed by atoms with Crippen LogP contribution in [0.25, 0.3) is 5.57 Å². The minimum absolute atomic E-state index is 0.142. The van der Waals surface area contributed by atoms with E-state index >= 15 is 0 Å². The second-order valence-corrected chi connectivity index (χ2v) is 8.11. The summed E-state index contributed by atoms with van der Waals surface area (Å²) in [4.78, 5) is 16.7. The average molecular weight is 372 g/mol. The number of benzene rings is 1. The number of anilines is 1. The summed E-state index contributed by atoms with van der Waals surface area (Å²) in [5.41, 5.74) is 9.83. The van der Waals surface area contributed by atoms with Gasteiger partial charge in [0.2, 0.25) is 5.95 Å². The van der Waals surface area contributed by atoms with Gasteiger partial charge in [-0.1, -0.05) is 48.6 Å². The summed E-state index contributed by atoms with van der Waals surface area (Å²) >= 11 is 0. The molecule has 2 aromatic rings. The number of aromatic nitrogens is 3. The lowest BCUT2D eigenvalue weighted by molar-refractivity contribution is 0.0956. The Morgan fingerprint density at radius 1 is 1.21 bits per heavy atom. The van der Waals surface area contributed by atoms with Crippen LogP contribution in [-0.4, -0.2) is 20.7 Å². The van der Waals surface area contributed by atoms with Crippen molar-refractivity contribution >= 4 is 17.4 Å². The van der Waals surface area contributed by atoms with Crippen molar-refractivity contribution in [1.29, 1.82) is 0 Å². The second kappa shape index (κ2) is 6.89. The number of rotatable bonds is 5. The van der Waals surface area contributed by atoms with Gasteiger partial charge in [0, 0.05) is 11.6 Å². The standard InChI is InChI=1S/C23H24N4O/c24-23-25-22(19-10-9-18-13-20(18)14-19)26-27(23)21(28)8-4-1-5-15-11-16-6-2-3-7-17(16)12-15/h2-4,6-10,14-15,18,20H,1,5,11-13H2,(H2,24,25,26)/b8-4+. The van der Waals surface area contributed by atoms with Crippen LogP contribution in [0.2, 0.25) is 0 Å². The first-order valence-corrected chi connectivity index (χ1v) is 10.1. The van der Waals surface area contributed by atoms with Crippen molar-refractivity contribution in [3.63, 3.8) is 0 Å². The van der Waals surface area contributed by atoms with Crippen LogP contribution in [0.3, 0.4) is 0 Å². The first kappa shape index (κ1) is 17.2. The third-order valence-electron chi connectivity index (χ3n) is 6.04. The van der Waals surface area contributed by atoms with E-state index in [1.807, 2.05) is 12.2 Å². The molecular formula is C23H24N4O. The van der Waals surface area contributed by atoms with Gasteiger partial charge in [-0.25, -0.2) is 0 Å². The monoisotopic (exact) mass is 372 g/mol. The Hall–Kier alpha value is -2.95. The van der Waals surface area contributed by atoms with E-state index in [0.29, 0.717) is 23.6 Å². The van der Waals surface area contributed by atoms with Gasteiger partial charge in [0.25, 0.3) is 5.91 Å². The predicted octanol–water partition coefficient (Wildman–Crippen LogP) is 3.84. The zero-order chi connectivity index (χ0) is 19.1. The quantitative estimate of drug-likeness (QED) is 0.809. The van der Waals surface area contributed by atoms with Crippen LogP contribution < -0.4 is 5.73 Å². The number of fused-ring (bicyclic) bond motifs is 2. The minimum Gasteiger partial charge on any atom is -0.368 e. The Morgan fingerprint density at radius 3 is 2.75 bits per heavy atom. The largest absolute Gasteiger partial charge is 0.368 e. The van der Waals surface area contributed by atoms with Gasteiger partial charge < -0.3 is 5.73 Å². The first-order valence-electron chi connectivity index (χ1n) is 10.1.